The highest BCUT2D eigenvalue weighted by molar-refractivity contribution is 7.99. The molecule has 1 aliphatic heterocycles. The standard InChI is InChI=1S/C22H22N2O3S/c1-4-26-18-8-6-7-15-13-17-21(27-19(15)18)23-20(24-22(17)28-5-2)14-9-11-16(25-3)12-10-14/h6-12H,4-5,13H2,1-3H3. The molecule has 1 aliphatic rings. The number of aromatic nitrogens is 2. The van der Waals surface area contributed by atoms with Gasteiger partial charge in [-0.25, -0.2) is 4.98 Å². The first-order chi connectivity index (χ1) is 13.7. The molecule has 0 bridgehead atoms. The predicted molar refractivity (Wildman–Crippen MR) is 111 cm³/mol. The Morgan fingerprint density at radius 3 is 2.61 bits per heavy atom. The first-order valence-electron chi connectivity index (χ1n) is 9.34. The molecular weight excluding hydrogens is 372 g/mol. The van der Waals surface area contributed by atoms with Gasteiger partial charge in [0.15, 0.2) is 17.3 Å². The van der Waals surface area contributed by atoms with Crippen LogP contribution >= 0.6 is 11.8 Å². The topological polar surface area (TPSA) is 53.5 Å². The number of para-hydroxylation sites is 1. The third-order valence-corrected chi connectivity index (χ3v) is 5.39. The predicted octanol–water partition coefficient (Wildman–Crippen LogP) is 5.36. The summed E-state index contributed by atoms with van der Waals surface area (Å²) in [5.74, 6) is 4.49. The van der Waals surface area contributed by atoms with E-state index in [1.807, 2.05) is 43.3 Å². The minimum atomic E-state index is 0.588. The Morgan fingerprint density at radius 1 is 1.07 bits per heavy atom. The van der Waals surface area contributed by atoms with E-state index in [0.717, 1.165) is 51.1 Å². The smallest absolute Gasteiger partial charge is 0.227 e. The van der Waals surface area contributed by atoms with Gasteiger partial charge in [0, 0.05) is 17.5 Å². The van der Waals surface area contributed by atoms with Crippen LogP contribution in [0.5, 0.6) is 23.1 Å². The number of rotatable bonds is 6. The van der Waals surface area contributed by atoms with Crippen LogP contribution in [-0.4, -0.2) is 29.4 Å². The van der Waals surface area contributed by atoms with Gasteiger partial charge in [-0.3, -0.25) is 0 Å². The number of hydrogen-bond acceptors (Lipinski definition) is 6. The second kappa shape index (κ2) is 8.10. The Morgan fingerprint density at radius 2 is 1.89 bits per heavy atom. The minimum Gasteiger partial charge on any atom is -0.497 e. The Hall–Kier alpha value is -2.73. The number of thioether (sulfide) groups is 1. The summed E-state index contributed by atoms with van der Waals surface area (Å²) in [4.78, 5) is 9.57. The van der Waals surface area contributed by atoms with Crippen molar-refractivity contribution in [2.24, 2.45) is 0 Å². The Bertz CT molecular complexity index is 990. The summed E-state index contributed by atoms with van der Waals surface area (Å²) in [6, 6.07) is 13.7. The van der Waals surface area contributed by atoms with Crippen LogP contribution in [0.4, 0.5) is 0 Å². The van der Waals surface area contributed by atoms with E-state index < -0.39 is 0 Å². The van der Waals surface area contributed by atoms with Crippen molar-refractivity contribution in [2.45, 2.75) is 25.3 Å². The normalized spacial score (nSPS) is 12.0. The molecule has 0 spiro atoms. The van der Waals surface area contributed by atoms with E-state index >= 15 is 0 Å². The maximum atomic E-state index is 6.24. The Kier molecular flexibility index (Phi) is 5.39. The van der Waals surface area contributed by atoms with E-state index in [-0.39, 0.29) is 0 Å². The van der Waals surface area contributed by atoms with Gasteiger partial charge < -0.3 is 14.2 Å². The van der Waals surface area contributed by atoms with Crippen molar-refractivity contribution >= 4 is 11.8 Å². The fourth-order valence-electron chi connectivity index (χ4n) is 3.18. The molecule has 0 N–H and O–H groups in total. The zero-order valence-corrected chi connectivity index (χ0v) is 17.0. The second-order valence-corrected chi connectivity index (χ2v) is 7.51. The number of hydrogen-bond donors (Lipinski definition) is 0. The quantitative estimate of drug-likeness (QED) is 0.324. The molecule has 0 amide bonds. The lowest BCUT2D eigenvalue weighted by Crippen LogP contribution is -2.10. The molecule has 2 heterocycles. The van der Waals surface area contributed by atoms with Crippen molar-refractivity contribution in [3.05, 3.63) is 53.6 Å². The minimum absolute atomic E-state index is 0.588. The van der Waals surface area contributed by atoms with Gasteiger partial charge in [-0.2, -0.15) is 4.98 Å². The first kappa shape index (κ1) is 18.6. The number of nitrogens with zero attached hydrogens (tertiary/aromatic N) is 2. The molecule has 0 atom stereocenters. The SMILES string of the molecule is CCOc1cccc2c1Oc1nc(-c3ccc(OC)cc3)nc(SCC)c1C2. The molecule has 3 aromatic rings. The summed E-state index contributed by atoms with van der Waals surface area (Å²) in [6.07, 6.45) is 0.733. The van der Waals surface area contributed by atoms with Crippen molar-refractivity contribution < 1.29 is 14.2 Å². The lowest BCUT2D eigenvalue weighted by Gasteiger charge is -2.23. The molecule has 6 heteroatoms. The van der Waals surface area contributed by atoms with Gasteiger partial charge in [-0.1, -0.05) is 19.1 Å². The fourth-order valence-corrected chi connectivity index (χ4v) is 3.94. The fraction of sp³-hybridized carbons (Fsp3) is 0.273. The van der Waals surface area contributed by atoms with Crippen molar-refractivity contribution in [2.75, 3.05) is 19.5 Å². The molecule has 2 aromatic carbocycles. The van der Waals surface area contributed by atoms with Crippen LogP contribution in [0.1, 0.15) is 25.0 Å². The van der Waals surface area contributed by atoms with Crippen LogP contribution < -0.4 is 14.2 Å². The summed E-state index contributed by atoms with van der Waals surface area (Å²) >= 11 is 1.71. The molecule has 0 radical (unpaired) electrons. The van der Waals surface area contributed by atoms with Crippen LogP contribution in [0.25, 0.3) is 11.4 Å². The van der Waals surface area contributed by atoms with Gasteiger partial charge in [0.25, 0.3) is 0 Å². The van der Waals surface area contributed by atoms with E-state index in [0.29, 0.717) is 18.3 Å². The van der Waals surface area contributed by atoms with Crippen molar-refractivity contribution in [1.82, 2.24) is 9.97 Å². The average molecular weight is 394 g/mol. The van der Waals surface area contributed by atoms with E-state index in [1.54, 1.807) is 18.9 Å². The Labute approximate surface area is 169 Å². The summed E-state index contributed by atoms with van der Waals surface area (Å²) in [5.41, 5.74) is 3.05. The molecule has 0 saturated carbocycles. The lowest BCUT2D eigenvalue weighted by molar-refractivity contribution is 0.315. The Balaban J connectivity index is 1.78. The van der Waals surface area contributed by atoms with Crippen molar-refractivity contribution in [1.29, 1.82) is 0 Å². The average Bonchev–Trinajstić information content (AvgIpc) is 2.73. The van der Waals surface area contributed by atoms with Crippen molar-refractivity contribution in [3.8, 4) is 34.5 Å². The van der Waals surface area contributed by atoms with Gasteiger partial charge in [-0.05, 0) is 43.0 Å². The summed E-state index contributed by atoms with van der Waals surface area (Å²) < 4.78 is 17.2. The highest BCUT2D eigenvalue weighted by atomic mass is 32.2. The maximum Gasteiger partial charge on any atom is 0.227 e. The van der Waals surface area contributed by atoms with Gasteiger partial charge >= 0.3 is 0 Å². The third-order valence-electron chi connectivity index (χ3n) is 4.49. The van der Waals surface area contributed by atoms with Gasteiger partial charge in [0.2, 0.25) is 5.88 Å². The lowest BCUT2D eigenvalue weighted by atomic mass is 10.0. The number of benzene rings is 2. The molecule has 28 heavy (non-hydrogen) atoms. The monoisotopic (exact) mass is 394 g/mol. The van der Waals surface area contributed by atoms with Crippen LogP contribution in [0.15, 0.2) is 47.5 Å². The highest BCUT2D eigenvalue weighted by Crippen LogP contribution is 2.44. The first-order valence-corrected chi connectivity index (χ1v) is 10.3. The maximum absolute atomic E-state index is 6.24. The zero-order valence-electron chi connectivity index (χ0n) is 16.2. The molecule has 4 rings (SSSR count). The van der Waals surface area contributed by atoms with Crippen LogP contribution in [0, 0.1) is 0 Å². The molecular formula is C22H22N2O3S. The molecule has 0 aliphatic carbocycles. The summed E-state index contributed by atoms with van der Waals surface area (Å²) in [6.45, 7) is 4.68. The van der Waals surface area contributed by atoms with Gasteiger partial charge in [0.05, 0.1) is 19.3 Å². The molecule has 0 unspecified atom stereocenters. The largest absolute Gasteiger partial charge is 0.497 e. The number of methoxy groups -OCH3 is 1. The van der Waals surface area contributed by atoms with Gasteiger partial charge in [0.1, 0.15) is 10.8 Å². The number of fused-ring (bicyclic) bond motifs is 2. The second-order valence-electron chi connectivity index (χ2n) is 6.25. The molecule has 1 aromatic heterocycles. The molecule has 0 saturated heterocycles. The van der Waals surface area contributed by atoms with Crippen LogP contribution in [0.3, 0.4) is 0 Å². The number of ether oxygens (including phenoxy) is 3. The highest BCUT2D eigenvalue weighted by Gasteiger charge is 2.26. The third kappa shape index (κ3) is 3.52. The molecule has 0 fully saturated rings. The summed E-state index contributed by atoms with van der Waals surface area (Å²) in [5, 5.41) is 0.964. The van der Waals surface area contributed by atoms with E-state index in [2.05, 4.69) is 13.0 Å². The van der Waals surface area contributed by atoms with E-state index in [1.165, 1.54) is 0 Å². The van der Waals surface area contributed by atoms with Crippen molar-refractivity contribution in [3.63, 3.8) is 0 Å². The van der Waals surface area contributed by atoms with Crippen LogP contribution in [0.2, 0.25) is 0 Å². The van der Waals surface area contributed by atoms with E-state index in [9.17, 15) is 0 Å². The zero-order chi connectivity index (χ0) is 19.5. The van der Waals surface area contributed by atoms with E-state index in [4.69, 9.17) is 24.2 Å². The van der Waals surface area contributed by atoms with Gasteiger partial charge in [-0.15, -0.1) is 11.8 Å². The summed E-state index contributed by atoms with van der Waals surface area (Å²) in [7, 11) is 1.65. The molecule has 5 nitrogen and oxygen atoms in total. The van der Waals surface area contributed by atoms with Crippen LogP contribution in [-0.2, 0) is 6.42 Å². The molecule has 144 valence electrons.